The fourth-order valence-corrected chi connectivity index (χ4v) is 1.73. The van der Waals surface area contributed by atoms with E-state index in [-0.39, 0.29) is 24.0 Å². The number of ether oxygens (including phenoxy) is 1. The van der Waals surface area contributed by atoms with Gasteiger partial charge in [0.25, 0.3) is 0 Å². The number of benzene rings is 2. The minimum atomic E-state index is -0.477. The average molecular weight is 267 g/mol. The number of aliphatic hydroxyl groups is 1. The first-order chi connectivity index (χ1) is 8.70. The van der Waals surface area contributed by atoms with Crippen molar-refractivity contribution < 1.29 is 14.2 Å². The van der Waals surface area contributed by atoms with Crippen molar-refractivity contribution in [2.45, 2.75) is 13.2 Å². The Hall–Kier alpha value is -1.58. The summed E-state index contributed by atoms with van der Waals surface area (Å²) < 4.78 is 18.8. The van der Waals surface area contributed by atoms with E-state index >= 15 is 0 Å². The van der Waals surface area contributed by atoms with Crippen LogP contribution in [0.15, 0.2) is 42.5 Å². The molecule has 4 heteroatoms. The van der Waals surface area contributed by atoms with Crippen molar-refractivity contribution in [1.29, 1.82) is 0 Å². The van der Waals surface area contributed by atoms with Crippen molar-refractivity contribution in [3.05, 3.63) is 64.4 Å². The summed E-state index contributed by atoms with van der Waals surface area (Å²) in [6.45, 7) is 0.229. The van der Waals surface area contributed by atoms with E-state index < -0.39 is 5.82 Å². The second kappa shape index (κ2) is 5.85. The fraction of sp³-hybridized carbons (Fsp3) is 0.143. The van der Waals surface area contributed by atoms with E-state index in [0.29, 0.717) is 0 Å². The summed E-state index contributed by atoms with van der Waals surface area (Å²) in [4.78, 5) is 0. The van der Waals surface area contributed by atoms with Crippen molar-refractivity contribution in [2.24, 2.45) is 0 Å². The second-order valence-corrected chi connectivity index (χ2v) is 4.22. The lowest BCUT2D eigenvalue weighted by Gasteiger charge is -2.09. The van der Waals surface area contributed by atoms with Crippen molar-refractivity contribution in [2.75, 3.05) is 0 Å². The molecule has 0 spiro atoms. The van der Waals surface area contributed by atoms with Crippen molar-refractivity contribution in [3.63, 3.8) is 0 Å². The molecule has 2 rings (SSSR count). The Kier molecular flexibility index (Phi) is 4.18. The molecule has 2 nitrogen and oxygen atoms in total. The molecule has 0 radical (unpaired) electrons. The summed E-state index contributed by atoms with van der Waals surface area (Å²) in [6, 6.07) is 11.6. The van der Waals surface area contributed by atoms with Gasteiger partial charge >= 0.3 is 0 Å². The molecular formula is C14H12ClFO2. The molecule has 0 bridgehead atoms. The van der Waals surface area contributed by atoms with Crippen LogP contribution in [0.25, 0.3) is 0 Å². The molecule has 0 aromatic heterocycles. The van der Waals surface area contributed by atoms with Crippen molar-refractivity contribution in [3.8, 4) is 5.75 Å². The van der Waals surface area contributed by atoms with Gasteiger partial charge in [0.15, 0.2) is 11.6 Å². The molecule has 0 aliphatic heterocycles. The minimum absolute atomic E-state index is 0.000276. The standard InChI is InChI=1S/C14H12ClFO2/c15-12-2-1-3-13(16)14(12)18-9-11-6-4-10(8-17)5-7-11/h1-7,17H,8-9H2. The number of hydrogen-bond donors (Lipinski definition) is 1. The molecule has 0 aliphatic rings. The number of aliphatic hydroxyl groups excluding tert-OH is 1. The van der Waals surface area contributed by atoms with E-state index in [4.69, 9.17) is 21.4 Å². The number of para-hydroxylation sites is 1. The van der Waals surface area contributed by atoms with Gasteiger partial charge in [-0.25, -0.2) is 4.39 Å². The smallest absolute Gasteiger partial charge is 0.174 e. The Morgan fingerprint density at radius 2 is 1.72 bits per heavy atom. The normalized spacial score (nSPS) is 10.4. The van der Waals surface area contributed by atoms with Gasteiger partial charge in [0.05, 0.1) is 11.6 Å². The Balaban J connectivity index is 2.06. The van der Waals surface area contributed by atoms with Crippen LogP contribution >= 0.6 is 11.6 Å². The Morgan fingerprint density at radius 3 is 2.33 bits per heavy atom. The molecule has 0 unspecified atom stereocenters. The predicted molar refractivity (Wildman–Crippen MR) is 68.1 cm³/mol. The lowest BCUT2D eigenvalue weighted by Crippen LogP contribution is -1.98. The van der Waals surface area contributed by atoms with Gasteiger partial charge in [0, 0.05) is 0 Å². The SMILES string of the molecule is OCc1ccc(COc2c(F)cccc2Cl)cc1. The molecule has 2 aromatic rings. The van der Waals surface area contributed by atoms with Crippen LogP contribution in [0.3, 0.4) is 0 Å². The summed E-state index contributed by atoms with van der Waals surface area (Å²) in [6.07, 6.45) is 0. The quantitative estimate of drug-likeness (QED) is 0.917. The topological polar surface area (TPSA) is 29.5 Å². The molecule has 0 fully saturated rings. The first-order valence-electron chi connectivity index (χ1n) is 5.46. The van der Waals surface area contributed by atoms with Crippen LogP contribution in [-0.2, 0) is 13.2 Å². The number of rotatable bonds is 4. The van der Waals surface area contributed by atoms with Crippen LogP contribution in [0, 0.1) is 5.82 Å². The van der Waals surface area contributed by atoms with E-state index in [0.717, 1.165) is 11.1 Å². The van der Waals surface area contributed by atoms with Gasteiger partial charge in [0.2, 0.25) is 0 Å². The van der Waals surface area contributed by atoms with Crippen molar-refractivity contribution in [1.82, 2.24) is 0 Å². The van der Waals surface area contributed by atoms with Crippen LogP contribution in [0.4, 0.5) is 4.39 Å². The molecule has 0 aliphatic carbocycles. The molecule has 0 saturated carbocycles. The van der Waals surface area contributed by atoms with Gasteiger partial charge < -0.3 is 9.84 Å². The summed E-state index contributed by atoms with van der Waals surface area (Å²) in [5.74, 6) is -0.417. The zero-order chi connectivity index (χ0) is 13.0. The number of halogens is 2. The van der Waals surface area contributed by atoms with Gasteiger partial charge in [-0.2, -0.15) is 0 Å². The molecule has 1 N–H and O–H groups in total. The van der Waals surface area contributed by atoms with Gasteiger partial charge in [-0.05, 0) is 23.3 Å². The molecule has 0 atom stereocenters. The largest absolute Gasteiger partial charge is 0.484 e. The summed E-state index contributed by atoms with van der Waals surface area (Å²) in [7, 11) is 0. The van der Waals surface area contributed by atoms with E-state index in [9.17, 15) is 4.39 Å². The third-order valence-corrected chi connectivity index (χ3v) is 2.81. The maximum Gasteiger partial charge on any atom is 0.174 e. The summed E-state index contributed by atoms with van der Waals surface area (Å²) in [5.41, 5.74) is 1.70. The zero-order valence-electron chi connectivity index (χ0n) is 9.57. The fourth-order valence-electron chi connectivity index (χ4n) is 1.52. The second-order valence-electron chi connectivity index (χ2n) is 3.81. The molecule has 18 heavy (non-hydrogen) atoms. The zero-order valence-corrected chi connectivity index (χ0v) is 10.3. The minimum Gasteiger partial charge on any atom is -0.484 e. The van der Waals surface area contributed by atoms with Crippen LogP contribution in [0.2, 0.25) is 5.02 Å². The third-order valence-electron chi connectivity index (χ3n) is 2.51. The van der Waals surface area contributed by atoms with Gasteiger partial charge in [-0.3, -0.25) is 0 Å². The van der Waals surface area contributed by atoms with E-state index in [1.165, 1.54) is 12.1 Å². The highest BCUT2D eigenvalue weighted by atomic mass is 35.5. The molecule has 94 valence electrons. The highest BCUT2D eigenvalue weighted by Gasteiger charge is 2.07. The lowest BCUT2D eigenvalue weighted by atomic mass is 10.1. The lowest BCUT2D eigenvalue weighted by molar-refractivity contribution is 0.280. The third kappa shape index (κ3) is 3.00. The first kappa shape index (κ1) is 12.9. The average Bonchev–Trinajstić information content (AvgIpc) is 2.39. The van der Waals surface area contributed by atoms with Crippen LogP contribution in [0.1, 0.15) is 11.1 Å². The van der Waals surface area contributed by atoms with Crippen LogP contribution in [-0.4, -0.2) is 5.11 Å². The van der Waals surface area contributed by atoms with E-state index in [2.05, 4.69) is 0 Å². The van der Waals surface area contributed by atoms with E-state index in [1.807, 2.05) is 12.1 Å². The summed E-state index contributed by atoms with van der Waals surface area (Å²) in [5, 5.41) is 9.16. The Morgan fingerprint density at radius 1 is 1.06 bits per heavy atom. The highest BCUT2D eigenvalue weighted by Crippen LogP contribution is 2.27. The van der Waals surface area contributed by atoms with Crippen LogP contribution in [0.5, 0.6) is 5.75 Å². The monoisotopic (exact) mass is 266 g/mol. The highest BCUT2D eigenvalue weighted by molar-refractivity contribution is 6.32. The maximum atomic E-state index is 13.4. The molecule has 0 saturated heterocycles. The Bertz CT molecular complexity index is 506. The molecule has 2 aromatic carbocycles. The predicted octanol–water partition coefficient (Wildman–Crippen LogP) is 3.55. The molecule has 0 amide bonds. The van der Waals surface area contributed by atoms with Gasteiger partial charge in [-0.1, -0.05) is 41.9 Å². The van der Waals surface area contributed by atoms with Gasteiger partial charge in [-0.15, -0.1) is 0 Å². The van der Waals surface area contributed by atoms with Crippen molar-refractivity contribution >= 4 is 11.6 Å². The van der Waals surface area contributed by atoms with E-state index in [1.54, 1.807) is 18.2 Å². The Labute approximate surface area is 110 Å². The molecular weight excluding hydrogens is 255 g/mol. The first-order valence-corrected chi connectivity index (χ1v) is 5.84. The van der Waals surface area contributed by atoms with Crippen LogP contribution < -0.4 is 4.74 Å². The summed E-state index contributed by atoms with van der Waals surface area (Å²) >= 11 is 5.85. The van der Waals surface area contributed by atoms with Gasteiger partial charge in [0.1, 0.15) is 6.61 Å². The maximum absolute atomic E-state index is 13.4. The molecule has 0 heterocycles. The number of hydrogen-bond acceptors (Lipinski definition) is 2.